The molecule has 0 spiro atoms. The molecule has 0 bridgehead atoms. The van der Waals surface area contributed by atoms with Crippen molar-refractivity contribution in [2.75, 3.05) is 20.2 Å². The molecule has 3 nitrogen and oxygen atoms in total. The van der Waals surface area contributed by atoms with Crippen molar-refractivity contribution in [2.45, 2.75) is 12.8 Å². The summed E-state index contributed by atoms with van der Waals surface area (Å²) < 4.78 is 0. The van der Waals surface area contributed by atoms with Crippen molar-refractivity contribution in [3.8, 4) is 0 Å². The SMILES string of the molecule is CN1[C+]N(CCCCO)C=C1.[Cl-]. The Balaban J connectivity index is 0.00000121. The number of hydrogen-bond acceptors (Lipinski definition) is 3. The van der Waals surface area contributed by atoms with Crippen LogP contribution < -0.4 is 12.4 Å². The first-order chi connectivity index (χ1) is 5.33. The Hall–Kier alpha value is -0.540. The van der Waals surface area contributed by atoms with Crippen LogP contribution in [0.15, 0.2) is 12.4 Å². The molecule has 0 fully saturated rings. The third-order valence-corrected chi connectivity index (χ3v) is 1.56. The Labute approximate surface area is 80.1 Å². The average Bonchev–Trinajstić information content (AvgIpc) is 2.37. The third-order valence-electron chi connectivity index (χ3n) is 1.56. The Morgan fingerprint density at radius 1 is 1.33 bits per heavy atom. The highest BCUT2D eigenvalue weighted by Gasteiger charge is 2.26. The molecular weight excluding hydrogens is 176 g/mol. The number of rotatable bonds is 4. The van der Waals surface area contributed by atoms with Crippen LogP contribution in [-0.4, -0.2) is 35.1 Å². The minimum Gasteiger partial charge on any atom is -1.00 e. The van der Waals surface area contributed by atoms with Crippen LogP contribution in [0.2, 0.25) is 0 Å². The summed E-state index contributed by atoms with van der Waals surface area (Å²) in [4.78, 5) is 3.88. The lowest BCUT2D eigenvalue weighted by molar-refractivity contribution is -0.00000347. The van der Waals surface area contributed by atoms with Crippen LogP contribution >= 0.6 is 0 Å². The maximum atomic E-state index is 8.52. The van der Waals surface area contributed by atoms with Gasteiger partial charge < -0.3 is 17.5 Å². The second-order valence-electron chi connectivity index (χ2n) is 2.63. The van der Waals surface area contributed by atoms with Crippen molar-refractivity contribution in [2.24, 2.45) is 0 Å². The van der Waals surface area contributed by atoms with Gasteiger partial charge in [0.1, 0.15) is 0 Å². The molecule has 4 heteroatoms. The Kier molecular flexibility index (Phi) is 5.76. The van der Waals surface area contributed by atoms with Crippen LogP contribution in [0.25, 0.3) is 0 Å². The lowest BCUT2D eigenvalue weighted by atomic mass is 10.3. The van der Waals surface area contributed by atoms with Crippen molar-refractivity contribution >= 4 is 0 Å². The summed E-state index contributed by atoms with van der Waals surface area (Å²) in [7, 11) is 1.95. The zero-order valence-corrected chi connectivity index (χ0v) is 7.96. The maximum Gasteiger partial charge on any atom is 0.564 e. The van der Waals surface area contributed by atoms with Crippen LogP contribution in [0.1, 0.15) is 12.8 Å². The van der Waals surface area contributed by atoms with E-state index in [9.17, 15) is 0 Å². The van der Waals surface area contributed by atoms with Gasteiger partial charge in [0, 0.05) is 6.61 Å². The highest BCUT2D eigenvalue weighted by molar-refractivity contribution is 4.94. The van der Waals surface area contributed by atoms with Crippen molar-refractivity contribution in [1.29, 1.82) is 0 Å². The molecule has 1 heterocycles. The van der Waals surface area contributed by atoms with Crippen molar-refractivity contribution < 1.29 is 17.5 Å². The first-order valence-corrected chi connectivity index (χ1v) is 3.88. The molecule has 0 aliphatic carbocycles. The Morgan fingerprint density at radius 3 is 2.58 bits per heavy atom. The number of halogens is 1. The fourth-order valence-corrected chi connectivity index (χ4v) is 0.968. The van der Waals surface area contributed by atoms with Gasteiger partial charge in [0.15, 0.2) is 0 Å². The molecule has 69 valence electrons. The van der Waals surface area contributed by atoms with E-state index in [2.05, 4.69) is 6.67 Å². The maximum absolute atomic E-state index is 8.52. The van der Waals surface area contributed by atoms with Crippen molar-refractivity contribution in [3.63, 3.8) is 0 Å². The van der Waals surface area contributed by atoms with E-state index < -0.39 is 0 Å². The molecule has 0 saturated heterocycles. The molecule has 0 aromatic carbocycles. The van der Waals surface area contributed by atoms with Crippen LogP contribution in [0.5, 0.6) is 0 Å². The van der Waals surface area contributed by atoms with Crippen LogP contribution in [0, 0.1) is 6.67 Å². The monoisotopic (exact) mass is 189 g/mol. The van der Waals surface area contributed by atoms with E-state index in [1.165, 1.54) is 0 Å². The lowest BCUT2D eigenvalue weighted by Gasteiger charge is -2.00. The highest BCUT2D eigenvalue weighted by Crippen LogP contribution is 2.08. The van der Waals surface area contributed by atoms with Crippen molar-refractivity contribution in [3.05, 3.63) is 19.1 Å². The molecule has 0 aromatic rings. The number of aliphatic hydroxyl groups excluding tert-OH is 1. The molecule has 0 atom stereocenters. The predicted octanol–water partition coefficient (Wildman–Crippen LogP) is -2.52. The molecule has 1 aliphatic rings. The van der Waals surface area contributed by atoms with Gasteiger partial charge in [-0.3, -0.25) is 0 Å². The molecule has 12 heavy (non-hydrogen) atoms. The number of hydrogen-bond donors (Lipinski definition) is 1. The van der Waals surface area contributed by atoms with Gasteiger partial charge in [-0.25, -0.2) is 0 Å². The van der Waals surface area contributed by atoms with Gasteiger partial charge in [-0.05, 0) is 12.8 Å². The largest absolute Gasteiger partial charge is 1.00 e. The second-order valence-corrected chi connectivity index (χ2v) is 2.63. The third kappa shape index (κ3) is 3.74. The van der Waals surface area contributed by atoms with E-state index in [1.54, 1.807) is 0 Å². The van der Waals surface area contributed by atoms with E-state index in [-0.39, 0.29) is 19.0 Å². The normalized spacial score (nSPS) is 14.5. The van der Waals surface area contributed by atoms with Gasteiger partial charge in [-0.15, -0.1) is 9.80 Å². The quantitative estimate of drug-likeness (QED) is 0.391. The van der Waals surface area contributed by atoms with E-state index in [0.717, 1.165) is 19.4 Å². The molecule has 0 aromatic heterocycles. The van der Waals surface area contributed by atoms with Crippen LogP contribution in [0.4, 0.5) is 0 Å². The zero-order valence-electron chi connectivity index (χ0n) is 7.20. The highest BCUT2D eigenvalue weighted by atomic mass is 35.5. The molecule has 1 rings (SSSR count). The lowest BCUT2D eigenvalue weighted by Crippen LogP contribution is -3.00. The van der Waals surface area contributed by atoms with Crippen LogP contribution in [-0.2, 0) is 0 Å². The summed E-state index contributed by atoms with van der Waals surface area (Å²) in [6, 6.07) is 0. The summed E-state index contributed by atoms with van der Waals surface area (Å²) in [6.45, 7) is 4.32. The Bertz CT molecular complexity index is 141. The molecule has 0 amide bonds. The molecule has 0 saturated carbocycles. The van der Waals surface area contributed by atoms with Gasteiger partial charge >= 0.3 is 6.67 Å². The van der Waals surface area contributed by atoms with Gasteiger partial charge in [-0.1, -0.05) is 0 Å². The minimum atomic E-state index is 0. The number of unbranched alkanes of at least 4 members (excludes halogenated alkanes) is 1. The van der Waals surface area contributed by atoms with Gasteiger partial charge in [0.05, 0.1) is 26.0 Å². The summed E-state index contributed by atoms with van der Waals surface area (Å²) in [6.07, 6.45) is 5.83. The summed E-state index contributed by atoms with van der Waals surface area (Å²) in [5.74, 6) is 0. The van der Waals surface area contributed by atoms with Gasteiger partial charge in [0.25, 0.3) is 0 Å². The predicted molar refractivity (Wildman–Crippen MR) is 43.2 cm³/mol. The topological polar surface area (TPSA) is 26.7 Å². The summed E-state index contributed by atoms with van der Waals surface area (Å²) >= 11 is 0. The standard InChI is InChI=1S/C8H14N2O.ClH/c1-9-5-6-10(8-9)4-2-3-7-11;/h5-6,11H,2-4,7H2,1H3;1H/q+1;/p-1. The first kappa shape index (κ1) is 11.5. The molecule has 0 unspecified atom stereocenters. The summed E-state index contributed by atoms with van der Waals surface area (Å²) in [5.41, 5.74) is 0. The molecular formula is C8H14ClN2O. The molecule has 1 radical (unpaired) electrons. The fourth-order valence-electron chi connectivity index (χ4n) is 0.968. The van der Waals surface area contributed by atoms with E-state index >= 15 is 0 Å². The van der Waals surface area contributed by atoms with Crippen molar-refractivity contribution in [1.82, 2.24) is 9.80 Å². The Morgan fingerprint density at radius 2 is 2.08 bits per heavy atom. The van der Waals surface area contributed by atoms with Crippen LogP contribution in [0.3, 0.4) is 0 Å². The average molecular weight is 190 g/mol. The molecule has 1 N–H and O–H groups in total. The van der Waals surface area contributed by atoms with Gasteiger partial charge in [0.2, 0.25) is 0 Å². The number of nitrogens with zero attached hydrogens (tertiary/aromatic N) is 2. The van der Waals surface area contributed by atoms with E-state index in [4.69, 9.17) is 5.11 Å². The smallest absolute Gasteiger partial charge is 0.564 e. The first-order valence-electron chi connectivity index (χ1n) is 3.88. The second kappa shape index (κ2) is 6.03. The molecule has 1 aliphatic heterocycles. The minimum absolute atomic E-state index is 0. The fraction of sp³-hybridized carbons (Fsp3) is 0.625. The van der Waals surface area contributed by atoms with E-state index in [0.29, 0.717) is 0 Å². The van der Waals surface area contributed by atoms with Gasteiger partial charge in [-0.2, -0.15) is 0 Å². The van der Waals surface area contributed by atoms with E-state index in [1.807, 2.05) is 29.2 Å². The summed E-state index contributed by atoms with van der Waals surface area (Å²) in [5, 5.41) is 8.52. The zero-order chi connectivity index (χ0) is 8.10. The number of aliphatic hydroxyl groups is 1.